The van der Waals surface area contributed by atoms with E-state index in [4.69, 9.17) is 9.47 Å². The van der Waals surface area contributed by atoms with E-state index in [1.807, 2.05) is 18.2 Å². The summed E-state index contributed by atoms with van der Waals surface area (Å²) >= 11 is 0. The fraction of sp³-hybridized carbons (Fsp3) is 0.647. The molecule has 0 aliphatic carbocycles. The van der Waals surface area contributed by atoms with Crippen molar-refractivity contribution < 1.29 is 14.6 Å². The van der Waals surface area contributed by atoms with Crippen molar-refractivity contribution in [1.29, 1.82) is 0 Å². The molecule has 0 amide bonds. The minimum atomic E-state index is -0.530. The van der Waals surface area contributed by atoms with E-state index < -0.39 is 6.10 Å². The lowest BCUT2D eigenvalue weighted by molar-refractivity contribution is 0.0684. The van der Waals surface area contributed by atoms with Crippen molar-refractivity contribution in [2.24, 2.45) is 0 Å². The molecule has 0 aromatic heterocycles. The summed E-state index contributed by atoms with van der Waals surface area (Å²) in [5, 5.41) is 10.5. The van der Waals surface area contributed by atoms with Crippen LogP contribution in [0.5, 0.6) is 11.5 Å². The Hall–Kier alpha value is -1.26. The third kappa shape index (κ3) is 3.89. The van der Waals surface area contributed by atoms with E-state index in [-0.39, 0.29) is 5.54 Å². The third-order valence-corrected chi connectivity index (χ3v) is 4.50. The van der Waals surface area contributed by atoms with Crippen molar-refractivity contribution in [1.82, 2.24) is 4.90 Å². The van der Waals surface area contributed by atoms with Gasteiger partial charge in [0.15, 0.2) is 11.5 Å². The smallest absolute Gasteiger partial charge is 0.161 e. The number of rotatable bonds is 5. The number of aliphatic hydroxyl groups excluding tert-OH is 1. The van der Waals surface area contributed by atoms with Crippen molar-refractivity contribution in [2.75, 3.05) is 26.8 Å². The number of likely N-dealkylation sites (N-methyl/N-ethyl adjacent to an activating group) is 1. The van der Waals surface area contributed by atoms with Crippen LogP contribution < -0.4 is 9.47 Å². The molecule has 1 atom stereocenters. The van der Waals surface area contributed by atoms with Crippen LogP contribution in [0.4, 0.5) is 0 Å². The fourth-order valence-electron chi connectivity index (χ4n) is 2.27. The van der Waals surface area contributed by atoms with Gasteiger partial charge in [-0.05, 0) is 45.0 Å². The summed E-state index contributed by atoms with van der Waals surface area (Å²) in [5.41, 5.74) is 0.949. The first kappa shape index (κ1) is 16.1. The zero-order chi connectivity index (χ0) is 15.5. The lowest BCUT2D eigenvalue weighted by Crippen LogP contribution is -2.42. The Labute approximate surface area is 127 Å². The second-order valence-corrected chi connectivity index (χ2v) is 6.32. The van der Waals surface area contributed by atoms with Crippen LogP contribution in [-0.4, -0.2) is 42.4 Å². The van der Waals surface area contributed by atoms with Gasteiger partial charge >= 0.3 is 0 Å². The molecule has 0 bridgehead atoms. The van der Waals surface area contributed by atoms with E-state index in [1.54, 1.807) is 0 Å². The molecule has 4 heteroatoms. The predicted octanol–water partition coefficient (Wildman–Crippen LogP) is 3.00. The lowest BCUT2D eigenvalue weighted by Gasteiger charge is -2.36. The zero-order valence-corrected chi connectivity index (χ0v) is 13.6. The summed E-state index contributed by atoms with van der Waals surface area (Å²) in [7, 11) is 2.05. The number of hydrogen-bond donors (Lipinski definition) is 1. The molecule has 1 unspecified atom stereocenters. The quantitative estimate of drug-likeness (QED) is 0.906. The standard InChI is InChI=1S/C17H27NO3/c1-5-17(2,3)18(4)12-14(19)13-7-8-15-16(11-13)21-10-6-9-20-15/h7-8,11,14,19H,5-6,9-10,12H2,1-4H3. The van der Waals surface area contributed by atoms with Crippen LogP contribution in [-0.2, 0) is 0 Å². The normalized spacial score (nSPS) is 16.7. The van der Waals surface area contributed by atoms with Crippen molar-refractivity contribution in [3.05, 3.63) is 23.8 Å². The highest BCUT2D eigenvalue weighted by atomic mass is 16.5. The molecular formula is C17H27NO3. The molecule has 1 aliphatic heterocycles. The number of ether oxygens (including phenoxy) is 2. The minimum absolute atomic E-state index is 0.0757. The first-order valence-corrected chi connectivity index (χ1v) is 7.73. The maximum absolute atomic E-state index is 10.5. The minimum Gasteiger partial charge on any atom is -0.490 e. The SMILES string of the molecule is CCC(C)(C)N(C)CC(O)c1ccc2c(c1)OCCCO2. The highest BCUT2D eigenvalue weighted by Gasteiger charge is 2.24. The van der Waals surface area contributed by atoms with Gasteiger partial charge in [0.05, 0.1) is 19.3 Å². The molecule has 1 aromatic carbocycles. The molecule has 0 saturated carbocycles. The molecule has 1 N–H and O–H groups in total. The van der Waals surface area contributed by atoms with Crippen LogP contribution in [0.25, 0.3) is 0 Å². The van der Waals surface area contributed by atoms with Gasteiger partial charge in [-0.1, -0.05) is 13.0 Å². The van der Waals surface area contributed by atoms with Gasteiger partial charge in [0.2, 0.25) is 0 Å². The average Bonchev–Trinajstić information content (AvgIpc) is 2.71. The highest BCUT2D eigenvalue weighted by Crippen LogP contribution is 2.33. The van der Waals surface area contributed by atoms with Crippen molar-refractivity contribution in [3.63, 3.8) is 0 Å². The van der Waals surface area contributed by atoms with Gasteiger partial charge in [0, 0.05) is 18.5 Å². The Bertz CT molecular complexity index is 473. The molecule has 0 fully saturated rings. The van der Waals surface area contributed by atoms with E-state index in [9.17, 15) is 5.11 Å². The molecule has 1 heterocycles. The number of fused-ring (bicyclic) bond motifs is 1. The summed E-state index contributed by atoms with van der Waals surface area (Å²) in [6.07, 6.45) is 1.40. The molecule has 0 saturated heterocycles. The number of benzene rings is 1. The molecule has 0 radical (unpaired) electrons. The Morgan fingerprint density at radius 2 is 1.90 bits per heavy atom. The Kier molecular flexibility index (Phi) is 5.12. The first-order valence-electron chi connectivity index (χ1n) is 7.73. The largest absolute Gasteiger partial charge is 0.490 e. The maximum Gasteiger partial charge on any atom is 0.161 e. The molecule has 21 heavy (non-hydrogen) atoms. The fourth-order valence-corrected chi connectivity index (χ4v) is 2.27. The van der Waals surface area contributed by atoms with E-state index in [0.29, 0.717) is 19.8 Å². The van der Waals surface area contributed by atoms with Gasteiger partial charge in [0.1, 0.15) is 0 Å². The number of aliphatic hydroxyl groups is 1. The van der Waals surface area contributed by atoms with E-state index in [0.717, 1.165) is 29.9 Å². The number of β-amino-alcohol motifs (C(OH)–C–C–N with tert-alkyl or cyclic N) is 1. The van der Waals surface area contributed by atoms with Crippen LogP contribution in [0.1, 0.15) is 45.3 Å². The second-order valence-electron chi connectivity index (χ2n) is 6.32. The Balaban J connectivity index is 2.09. The number of hydrogen-bond acceptors (Lipinski definition) is 4. The van der Waals surface area contributed by atoms with Crippen LogP contribution in [0, 0.1) is 0 Å². The summed E-state index contributed by atoms with van der Waals surface area (Å²) in [6.45, 7) is 8.48. The van der Waals surface area contributed by atoms with Crippen LogP contribution in [0.15, 0.2) is 18.2 Å². The maximum atomic E-state index is 10.5. The average molecular weight is 293 g/mol. The third-order valence-electron chi connectivity index (χ3n) is 4.50. The molecule has 118 valence electrons. The van der Waals surface area contributed by atoms with Crippen molar-refractivity contribution in [2.45, 2.75) is 45.3 Å². The zero-order valence-electron chi connectivity index (χ0n) is 13.6. The Morgan fingerprint density at radius 1 is 1.24 bits per heavy atom. The van der Waals surface area contributed by atoms with E-state index >= 15 is 0 Å². The summed E-state index contributed by atoms with van der Waals surface area (Å²) in [6, 6.07) is 5.72. The van der Waals surface area contributed by atoms with Gasteiger partial charge in [-0.2, -0.15) is 0 Å². The van der Waals surface area contributed by atoms with Gasteiger partial charge in [-0.3, -0.25) is 4.90 Å². The van der Waals surface area contributed by atoms with Crippen molar-refractivity contribution in [3.8, 4) is 11.5 Å². The van der Waals surface area contributed by atoms with Crippen LogP contribution >= 0.6 is 0 Å². The summed E-state index contributed by atoms with van der Waals surface area (Å²) in [5.74, 6) is 1.51. The summed E-state index contributed by atoms with van der Waals surface area (Å²) < 4.78 is 11.3. The topological polar surface area (TPSA) is 41.9 Å². The van der Waals surface area contributed by atoms with Crippen molar-refractivity contribution >= 4 is 0 Å². The van der Waals surface area contributed by atoms with Gasteiger partial charge in [-0.15, -0.1) is 0 Å². The molecule has 1 aromatic rings. The predicted molar refractivity (Wildman–Crippen MR) is 84.0 cm³/mol. The van der Waals surface area contributed by atoms with Crippen LogP contribution in [0.3, 0.4) is 0 Å². The van der Waals surface area contributed by atoms with Gasteiger partial charge < -0.3 is 14.6 Å². The monoisotopic (exact) mass is 293 g/mol. The number of nitrogens with zero attached hydrogens (tertiary/aromatic N) is 1. The molecule has 1 aliphatic rings. The lowest BCUT2D eigenvalue weighted by atomic mass is 9.98. The van der Waals surface area contributed by atoms with E-state index in [1.165, 1.54) is 0 Å². The molecule has 0 spiro atoms. The second kappa shape index (κ2) is 6.67. The van der Waals surface area contributed by atoms with Gasteiger partial charge in [0.25, 0.3) is 0 Å². The van der Waals surface area contributed by atoms with Crippen LogP contribution in [0.2, 0.25) is 0 Å². The molecule has 2 rings (SSSR count). The Morgan fingerprint density at radius 3 is 2.57 bits per heavy atom. The molecule has 4 nitrogen and oxygen atoms in total. The summed E-state index contributed by atoms with van der Waals surface area (Å²) in [4.78, 5) is 2.20. The first-order chi connectivity index (χ1) is 9.94. The molecular weight excluding hydrogens is 266 g/mol. The van der Waals surface area contributed by atoms with Gasteiger partial charge in [-0.25, -0.2) is 0 Å². The van der Waals surface area contributed by atoms with E-state index in [2.05, 4.69) is 32.7 Å². The highest BCUT2D eigenvalue weighted by molar-refractivity contribution is 5.44.